The lowest BCUT2D eigenvalue weighted by Gasteiger charge is -2.09. The maximum Gasteiger partial charge on any atom is 0.257 e. The number of aryl methyl sites for hydroxylation is 1. The number of thioether (sulfide) groups is 1. The molecule has 3 aromatic rings. The van der Waals surface area contributed by atoms with Crippen LogP contribution in [-0.2, 0) is 5.75 Å². The minimum atomic E-state index is -0.211. The van der Waals surface area contributed by atoms with Gasteiger partial charge in [0.2, 0.25) is 5.13 Å². The van der Waals surface area contributed by atoms with Crippen LogP contribution in [0.25, 0.3) is 0 Å². The van der Waals surface area contributed by atoms with Crippen molar-refractivity contribution in [3.05, 3.63) is 65.2 Å². The average molecular weight is 400 g/mol. The third kappa shape index (κ3) is 5.80. The van der Waals surface area contributed by atoms with Gasteiger partial charge in [-0.15, -0.1) is 10.2 Å². The molecule has 140 valence electrons. The highest BCUT2D eigenvalue weighted by atomic mass is 32.2. The predicted molar refractivity (Wildman–Crippen MR) is 111 cm³/mol. The molecule has 7 heteroatoms. The van der Waals surface area contributed by atoms with Crippen LogP contribution in [0.5, 0.6) is 5.75 Å². The number of benzene rings is 2. The van der Waals surface area contributed by atoms with Crippen LogP contribution >= 0.6 is 23.1 Å². The Bertz CT molecular complexity index is 908. The van der Waals surface area contributed by atoms with E-state index in [2.05, 4.69) is 46.7 Å². The number of carbonyl (C=O) groups excluding carboxylic acids is 1. The van der Waals surface area contributed by atoms with Crippen molar-refractivity contribution in [2.75, 3.05) is 5.32 Å². The van der Waals surface area contributed by atoms with E-state index in [1.807, 2.05) is 13.8 Å². The molecule has 2 aromatic carbocycles. The lowest BCUT2D eigenvalue weighted by atomic mass is 10.2. The fourth-order valence-electron chi connectivity index (χ4n) is 2.39. The predicted octanol–water partition coefficient (Wildman–Crippen LogP) is 5.18. The summed E-state index contributed by atoms with van der Waals surface area (Å²) in [5.74, 6) is 1.35. The minimum Gasteiger partial charge on any atom is -0.491 e. The number of aromatic nitrogens is 2. The number of amides is 1. The molecule has 1 aromatic heterocycles. The number of hydrogen-bond acceptors (Lipinski definition) is 6. The number of carbonyl (C=O) groups is 1. The Labute approximate surface area is 167 Å². The first-order valence-corrected chi connectivity index (χ1v) is 10.4. The van der Waals surface area contributed by atoms with Gasteiger partial charge in [-0.1, -0.05) is 52.9 Å². The molecule has 1 heterocycles. The van der Waals surface area contributed by atoms with Gasteiger partial charge in [-0.2, -0.15) is 0 Å². The Balaban J connectivity index is 1.56. The van der Waals surface area contributed by atoms with Crippen molar-refractivity contribution < 1.29 is 9.53 Å². The van der Waals surface area contributed by atoms with Crippen LogP contribution < -0.4 is 10.1 Å². The average Bonchev–Trinajstić information content (AvgIpc) is 3.07. The summed E-state index contributed by atoms with van der Waals surface area (Å²) in [6, 6.07) is 15.4. The second-order valence-corrected chi connectivity index (χ2v) is 8.50. The summed E-state index contributed by atoms with van der Waals surface area (Å²) in [5, 5.41) is 11.5. The highest BCUT2D eigenvalue weighted by Gasteiger charge is 2.11. The van der Waals surface area contributed by atoms with Gasteiger partial charge >= 0.3 is 0 Å². The van der Waals surface area contributed by atoms with E-state index in [1.54, 1.807) is 36.0 Å². The molecule has 27 heavy (non-hydrogen) atoms. The van der Waals surface area contributed by atoms with Gasteiger partial charge in [0.15, 0.2) is 4.34 Å². The summed E-state index contributed by atoms with van der Waals surface area (Å²) in [7, 11) is 0. The summed E-state index contributed by atoms with van der Waals surface area (Å²) >= 11 is 2.99. The van der Waals surface area contributed by atoms with Crippen LogP contribution in [-0.4, -0.2) is 22.2 Å². The quantitative estimate of drug-likeness (QED) is 0.438. The fourth-order valence-corrected chi connectivity index (χ4v) is 4.08. The van der Waals surface area contributed by atoms with Crippen LogP contribution in [0.3, 0.4) is 0 Å². The highest BCUT2D eigenvalue weighted by molar-refractivity contribution is 8.00. The van der Waals surface area contributed by atoms with E-state index in [9.17, 15) is 4.79 Å². The maximum absolute atomic E-state index is 12.4. The van der Waals surface area contributed by atoms with E-state index in [0.29, 0.717) is 10.7 Å². The number of hydrogen-bond donors (Lipinski definition) is 1. The van der Waals surface area contributed by atoms with Gasteiger partial charge in [0.1, 0.15) is 5.75 Å². The molecule has 0 aliphatic carbocycles. The second kappa shape index (κ2) is 9.01. The molecular weight excluding hydrogens is 378 g/mol. The lowest BCUT2D eigenvalue weighted by molar-refractivity contribution is 0.102. The van der Waals surface area contributed by atoms with Gasteiger partial charge < -0.3 is 4.74 Å². The second-order valence-electron chi connectivity index (χ2n) is 6.30. The van der Waals surface area contributed by atoms with E-state index in [4.69, 9.17) is 4.74 Å². The summed E-state index contributed by atoms with van der Waals surface area (Å²) in [6.45, 7) is 6.00. The topological polar surface area (TPSA) is 64.1 Å². The van der Waals surface area contributed by atoms with Crippen molar-refractivity contribution in [3.63, 3.8) is 0 Å². The standard InChI is InChI=1S/C20H21N3O2S2/c1-13(2)25-17-9-7-16(8-10-17)18(24)21-19-22-23-20(27-19)26-12-15-6-4-5-14(3)11-15/h4-11,13H,12H2,1-3H3,(H,21,22,24). The fraction of sp³-hybridized carbons (Fsp3) is 0.250. The van der Waals surface area contributed by atoms with Gasteiger partial charge in [-0.25, -0.2) is 0 Å². The largest absolute Gasteiger partial charge is 0.491 e. The molecule has 1 N–H and O–H groups in total. The molecule has 3 rings (SSSR count). The molecule has 0 unspecified atom stereocenters. The first-order chi connectivity index (χ1) is 13.0. The smallest absolute Gasteiger partial charge is 0.257 e. The molecule has 0 saturated heterocycles. The Morgan fingerprint density at radius 1 is 1.19 bits per heavy atom. The number of nitrogens with one attached hydrogen (secondary N) is 1. The van der Waals surface area contributed by atoms with Crippen LogP contribution in [0.2, 0.25) is 0 Å². The first kappa shape index (κ1) is 19.4. The molecule has 0 saturated carbocycles. The summed E-state index contributed by atoms with van der Waals surface area (Å²) < 4.78 is 6.41. The zero-order valence-electron chi connectivity index (χ0n) is 15.4. The third-order valence-electron chi connectivity index (χ3n) is 3.56. The normalized spacial score (nSPS) is 10.8. The molecule has 5 nitrogen and oxygen atoms in total. The molecule has 0 bridgehead atoms. The molecule has 0 aliphatic heterocycles. The molecule has 0 spiro atoms. The Kier molecular flexibility index (Phi) is 6.47. The molecule has 0 atom stereocenters. The van der Waals surface area contributed by atoms with Crippen molar-refractivity contribution in [1.82, 2.24) is 10.2 Å². The monoisotopic (exact) mass is 399 g/mol. The van der Waals surface area contributed by atoms with Crippen molar-refractivity contribution in [1.29, 1.82) is 0 Å². The lowest BCUT2D eigenvalue weighted by Crippen LogP contribution is -2.12. The van der Waals surface area contributed by atoms with Gasteiger partial charge in [-0.3, -0.25) is 10.1 Å². The van der Waals surface area contributed by atoms with Crippen LogP contribution in [0.1, 0.15) is 35.3 Å². The minimum absolute atomic E-state index is 0.0989. The highest BCUT2D eigenvalue weighted by Crippen LogP contribution is 2.28. The van der Waals surface area contributed by atoms with E-state index in [-0.39, 0.29) is 12.0 Å². The van der Waals surface area contributed by atoms with E-state index >= 15 is 0 Å². The van der Waals surface area contributed by atoms with Crippen molar-refractivity contribution in [3.8, 4) is 5.75 Å². The number of nitrogens with zero attached hydrogens (tertiary/aromatic N) is 2. The molecular formula is C20H21N3O2S2. The van der Waals surface area contributed by atoms with Gasteiger partial charge in [-0.05, 0) is 50.6 Å². The summed E-state index contributed by atoms with van der Waals surface area (Å²) in [6.07, 6.45) is 0.0989. The first-order valence-electron chi connectivity index (χ1n) is 8.59. The molecule has 0 fully saturated rings. The van der Waals surface area contributed by atoms with E-state index in [1.165, 1.54) is 22.5 Å². The Morgan fingerprint density at radius 3 is 2.67 bits per heavy atom. The zero-order valence-corrected chi connectivity index (χ0v) is 17.1. The summed E-state index contributed by atoms with van der Waals surface area (Å²) in [5.41, 5.74) is 3.03. The van der Waals surface area contributed by atoms with Crippen LogP contribution in [0.4, 0.5) is 5.13 Å². The van der Waals surface area contributed by atoms with Crippen LogP contribution in [0.15, 0.2) is 52.9 Å². The number of rotatable bonds is 7. The van der Waals surface area contributed by atoms with Crippen molar-refractivity contribution in [2.24, 2.45) is 0 Å². The SMILES string of the molecule is Cc1cccc(CSc2nnc(NC(=O)c3ccc(OC(C)C)cc3)s2)c1. The third-order valence-corrected chi connectivity index (χ3v) is 5.60. The van der Waals surface area contributed by atoms with Crippen LogP contribution in [0, 0.1) is 6.92 Å². The van der Waals surface area contributed by atoms with Crippen molar-refractivity contribution in [2.45, 2.75) is 37.0 Å². The van der Waals surface area contributed by atoms with Crippen molar-refractivity contribution >= 4 is 34.1 Å². The number of ether oxygens (including phenoxy) is 1. The molecule has 0 radical (unpaired) electrons. The van der Waals surface area contributed by atoms with E-state index in [0.717, 1.165) is 15.8 Å². The maximum atomic E-state index is 12.4. The zero-order chi connectivity index (χ0) is 19.2. The van der Waals surface area contributed by atoms with Gasteiger partial charge in [0, 0.05) is 11.3 Å². The Morgan fingerprint density at radius 2 is 1.96 bits per heavy atom. The molecule has 1 amide bonds. The number of anilines is 1. The Hall–Kier alpha value is -2.38. The van der Waals surface area contributed by atoms with Gasteiger partial charge in [0.25, 0.3) is 5.91 Å². The molecule has 0 aliphatic rings. The van der Waals surface area contributed by atoms with E-state index < -0.39 is 0 Å². The van der Waals surface area contributed by atoms with Gasteiger partial charge in [0.05, 0.1) is 6.10 Å². The summed E-state index contributed by atoms with van der Waals surface area (Å²) in [4.78, 5) is 12.4.